The standard InChI is InChI=1S/C22H20N4OS/c1-16(17-10-12-19(13-11-17)18-7-3-2-4-8-18)23-21(27)15-28-22-25-24-20-9-5-6-14-26(20)22/h2-14,16H,15H2,1H3,(H,23,27)/t16-/m0/s1. The van der Waals surface area contributed by atoms with Crippen molar-refractivity contribution < 1.29 is 4.79 Å². The first-order valence-corrected chi connectivity index (χ1v) is 10.1. The van der Waals surface area contributed by atoms with E-state index in [4.69, 9.17) is 0 Å². The van der Waals surface area contributed by atoms with E-state index in [0.717, 1.165) is 16.8 Å². The first kappa shape index (κ1) is 18.3. The lowest BCUT2D eigenvalue weighted by Crippen LogP contribution is -2.28. The molecule has 0 radical (unpaired) electrons. The molecule has 28 heavy (non-hydrogen) atoms. The highest BCUT2D eigenvalue weighted by Gasteiger charge is 2.12. The van der Waals surface area contributed by atoms with Crippen LogP contribution < -0.4 is 5.32 Å². The number of rotatable bonds is 6. The molecule has 1 N–H and O–H groups in total. The van der Waals surface area contributed by atoms with Gasteiger partial charge in [0.15, 0.2) is 10.8 Å². The van der Waals surface area contributed by atoms with Crippen LogP contribution in [0.4, 0.5) is 0 Å². The van der Waals surface area contributed by atoms with E-state index in [1.807, 2.05) is 53.9 Å². The SMILES string of the molecule is C[C@H](NC(=O)CSc1nnc2ccccn12)c1ccc(-c2ccccc2)cc1. The van der Waals surface area contributed by atoms with E-state index in [2.05, 4.69) is 51.9 Å². The summed E-state index contributed by atoms with van der Waals surface area (Å²) in [7, 11) is 0. The Bertz CT molecular complexity index is 1080. The number of carbonyl (C=O) groups excluding carboxylic acids is 1. The first-order valence-electron chi connectivity index (χ1n) is 9.08. The van der Waals surface area contributed by atoms with Gasteiger partial charge >= 0.3 is 0 Å². The van der Waals surface area contributed by atoms with E-state index in [9.17, 15) is 4.79 Å². The molecular formula is C22H20N4OS. The van der Waals surface area contributed by atoms with Gasteiger partial charge in [0.25, 0.3) is 0 Å². The van der Waals surface area contributed by atoms with Crippen LogP contribution in [0.3, 0.4) is 0 Å². The number of pyridine rings is 1. The van der Waals surface area contributed by atoms with E-state index >= 15 is 0 Å². The maximum atomic E-state index is 12.4. The molecule has 0 aliphatic rings. The molecule has 1 amide bonds. The number of nitrogens with zero attached hydrogens (tertiary/aromatic N) is 3. The highest BCUT2D eigenvalue weighted by Crippen LogP contribution is 2.22. The van der Waals surface area contributed by atoms with Gasteiger partial charge in [-0.05, 0) is 35.7 Å². The summed E-state index contributed by atoms with van der Waals surface area (Å²) in [5.74, 6) is 0.264. The maximum absolute atomic E-state index is 12.4. The highest BCUT2D eigenvalue weighted by atomic mass is 32.2. The predicted octanol–water partition coefficient (Wildman–Crippen LogP) is 4.37. The Morgan fingerprint density at radius 3 is 2.46 bits per heavy atom. The van der Waals surface area contributed by atoms with Crippen molar-refractivity contribution in [2.75, 3.05) is 5.75 Å². The van der Waals surface area contributed by atoms with Crippen molar-refractivity contribution in [3.05, 3.63) is 84.6 Å². The average molecular weight is 388 g/mol. The minimum atomic E-state index is -0.0620. The van der Waals surface area contributed by atoms with Crippen LogP contribution in [-0.2, 0) is 4.79 Å². The zero-order valence-corrected chi connectivity index (χ0v) is 16.3. The first-order chi connectivity index (χ1) is 13.7. The molecule has 0 aliphatic carbocycles. The summed E-state index contributed by atoms with van der Waals surface area (Å²) >= 11 is 1.38. The molecule has 2 aromatic carbocycles. The Labute approximate surface area is 167 Å². The Balaban J connectivity index is 1.35. The Morgan fingerprint density at radius 1 is 0.964 bits per heavy atom. The van der Waals surface area contributed by atoms with Crippen LogP contribution in [0.25, 0.3) is 16.8 Å². The molecule has 4 aromatic rings. The lowest BCUT2D eigenvalue weighted by atomic mass is 10.0. The molecule has 0 aliphatic heterocycles. The van der Waals surface area contributed by atoms with Crippen molar-refractivity contribution in [3.63, 3.8) is 0 Å². The Morgan fingerprint density at radius 2 is 1.68 bits per heavy atom. The second-order valence-electron chi connectivity index (χ2n) is 6.48. The smallest absolute Gasteiger partial charge is 0.230 e. The third kappa shape index (κ3) is 4.07. The van der Waals surface area contributed by atoms with E-state index < -0.39 is 0 Å². The van der Waals surface area contributed by atoms with E-state index in [-0.39, 0.29) is 11.9 Å². The van der Waals surface area contributed by atoms with Crippen LogP contribution in [-0.4, -0.2) is 26.3 Å². The van der Waals surface area contributed by atoms with Crippen LogP contribution in [0, 0.1) is 0 Å². The van der Waals surface area contributed by atoms with Gasteiger partial charge in [0, 0.05) is 6.20 Å². The summed E-state index contributed by atoms with van der Waals surface area (Å²) in [5.41, 5.74) is 4.20. The van der Waals surface area contributed by atoms with Crippen LogP contribution in [0.5, 0.6) is 0 Å². The summed E-state index contributed by atoms with van der Waals surface area (Å²) in [6, 6.07) is 24.2. The van der Waals surface area contributed by atoms with Crippen molar-refractivity contribution in [3.8, 4) is 11.1 Å². The normalized spacial score (nSPS) is 12.0. The molecule has 1 atom stereocenters. The van der Waals surface area contributed by atoms with Crippen LogP contribution in [0.15, 0.2) is 84.1 Å². The fourth-order valence-electron chi connectivity index (χ4n) is 3.01. The van der Waals surface area contributed by atoms with Crippen molar-refractivity contribution in [1.29, 1.82) is 0 Å². The van der Waals surface area contributed by atoms with Crippen molar-refractivity contribution >= 4 is 23.3 Å². The van der Waals surface area contributed by atoms with Gasteiger partial charge in [-0.2, -0.15) is 0 Å². The number of amides is 1. The molecule has 0 saturated heterocycles. The summed E-state index contributed by atoms with van der Waals surface area (Å²) in [6.45, 7) is 1.99. The minimum absolute atomic E-state index is 0.0303. The van der Waals surface area contributed by atoms with Crippen molar-refractivity contribution in [2.24, 2.45) is 0 Å². The van der Waals surface area contributed by atoms with Gasteiger partial charge in [0.05, 0.1) is 11.8 Å². The van der Waals surface area contributed by atoms with Gasteiger partial charge in [0.1, 0.15) is 0 Å². The van der Waals surface area contributed by atoms with Crippen LogP contribution in [0.1, 0.15) is 18.5 Å². The Hall–Kier alpha value is -3.12. The van der Waals surface area contributed by atoms with Gasteiger partial charge in [-0.25, -0.2) is 0 Å². The van der Waals surface area contributed by atoms with E-state index in [1.54, 1.807) is 0 Å². The molecule has 0 spiro atoms. The molecular weight excluding hydrogens is 368 g/mol. The number of nitrogens with one attached hydrogen (secondary N) is 1. The number of hydrogen-bond donors (Lipinski definition) is 1. The molecule has 0 saturated carbocycles. The van der Waals surface area contributed by atoms with Gasteiger partial charge in [-0.15, -0.1) is 10.2 Å². The largest absolute Gasteiger partial charge is 0.349 e. The molecule has 4 rings (SSSR count). The molecule has 2 heterocycles. The molecule has 0 fully saturated rings. The minimum Gasteiger partial charge on any atom is -0.349 e. The number of aromatic nitrogens is 3. The van der Waals surface area contributed by atoms with Gasteiger partial charge < -0.3 is 5.32 Å². The second-order valence-corrected chi connectivity index (χ2v) is 7.42. The van der Waals surface area contributed by atoms with E-state index in [0.29, 0.717) is 10.9 Å². The maximum Gasteiger partial charge on any atom is 0.230 e. The zero-order valence-electron chi connectivity index (χ0n) is 15.4. The Kier molecular flexibility index (Phi) is 5.39. The number of fused-ring (bicyclic) bond motifs is 1. The third-order valence-electron chi connectivity index (χ3n) is 4.51. The van der Waals surface area contributed by atoms with Gasteiger partial charge in [-0.3, -0.25) is 9.20 Å². The summed E-state index contributed by atoms with van der Waals surface area (Å²) in [4.78, 5) is 12.4. The highest BCUT2D eigenvalue weighted by molar-refractivity contribution is 7.99. The zero-order chi connectivity index (χ0) is 19.3. The summed E-state index contributed by atoms with van der Waals surface area (Å²) < 4.78 is 1.88. The molecule has 6 heteroatoms. The predicted molar refractivity (Wildman–Crippen MR) is 112 cm³/mol. The third-order valence-corrected chi connectivity index (χ3v) is 5.45. The summed E-state index contributed by atoms with van der Waals surface area (Å²) in [5, 5.41) is 12.0. The lowest BCUT2D eigenvalue weighted by molar-refractivity contribution is -0.119. The van der Waals surface area contributed by atoms with Crippen molar-refractivity contribution in [1.82, 2.24) is 19.9 Å². The number of hydrogen-bond acceptors (Lipinski definition) is 4. The van der Waals surface area contributed by atoms with E-state index in [1.165, 1.54) is 17.3 Å². The number of thioether (sulfide) groups is 1. The topological polar surface area (TPSA) is 59.3 Å². The fourth-order valence-corrected chi connectivity index (χ4v) is 3.74. The molecule has 0 unspecified atom stereocenters. The van der Waals surface area contributed by atoms with Crippen LogP contribution in [0.2, 0.25) is 0 Å². The lowest BCUT2D eigenvalue weighted by Gasteiger charge is -2.14. The molecule has 0 bridgehead atoms. The van der Waals surface area contributed by atoms with Crippen LogP contribution >= 0.6 is 11.8 Å². The second kappa shape index (κ2) is 8.27. The summed E-state index contributed by atoms with van der Waals surface area (Å²) in [6.07, 6.45) is 1.90. The number of benzene rings is 2. The number of carbonyl (C=O) groups is 1. The molecule has 2 aromatic heterocycles. The molecule has 140 valence electrons. The van der Waals surface area contributed by atoms with Gasteiger partial charge in [-0.1, -0.05) is 72.4 Å². The van der Waals surface area contributed by atoms with Gasteiger partial charge in [0.2, 0.25) is 5.91 Å². The fraction of sp³-hybridized carbons (Fsp3) is 0.136. The average Bonchev–Trinajstić information content (AvgIpc) is 3.16. The van der Waals surface area contributed by atoms with Crippen molar-refractivity contribution in [2.45, 2.75) is 18.1 Å². The monoisotopic (exact) mass is 388 g/mol. The quantitative estimate of drug-likeness (QED) is 0.499. The molecule has 5 nitrogen and oxygen atoms in total.